The third-order valence-corrected chi connectivity index (χ3v) is 2.75. The van der Waals surface area contributed by atoms with Crippen LogP contribution in [-0.4, -0.2) is 17.7 Å². The van der Waals surface area contributed by atoms with Crippen molar-refractivity contribution in [3.8, 4) is 5.88 Å². The van der Waals surface area contributed by atoms with E-state index in [-0.39, 0.29) is 12.5 Å². The lowest BCUT2D eigenvalue weighted by molar-refractivity contribution is -0.118. The van der Waals surface area contributed by atoms with E-state index < -0.39 is 0 Å². The molecule has 0 saturated heterocycles. The average molecular weight is 260 g/mol. The van der Waals surface area contributed by atoms with E-state index in [1.54, 1.807) is 13.0 Å². The van der Waals surface area contributed by atoms with Crippen LogP contribution in [0.1, 0.15) is 16.9 Å². The highest BCUT2D eigenvalue weighted by Crippen LogP contribution is 2.14. The van der Waals surface area contributed by atoms with E-state index in [1.807, 2.05) is 32.0 Å². The predicted molar refractivity (Wildman–Crippen MR) is 71.3 cm³/mol. The van der Waals surface area contributed by atoms with Crippen LogP contribution >= 0.6 is 0 Å². The van der Waals surface area contributed by atoms with Gasteiger partial charge < -0.3 is 14.6 Å². The lowest BCUT2D eigenvalue weighted by Gasteiger charge is -2.07. The molecule has 2 rings (SSSR count). The summed E-state index contributed by atoms with van der Waals surface area (Å²) < 4.78 is 10.0. The van der Waals surface area contributed by atoms with Crippen LogP contribution in [0, 0.1) is 20.8 Å². The molecule has 0 saturated carbocycles. The molecule has 1 N–H and O–H groups in total. The van der Waals surface area contributed by atoms with Crippen molar-refractivity contribution in [2.45, 2.75) is 20.8 Å². The van der Waals surface area contributed by atoms with Crippen LogP contribution in [0.3, 0.4) is 0 Å². The second kappa shape index (κ2) is 5.56. The lowest BCUT2D eigenvalue weighted by atomic mass is 10.1. The number of amides is 1. The molecule has 2 aromatic rings. The van der Waals surface area contributed by atoms with Gasteiger partial charge in [0.2, 0.25) is 0 Å². The first-order valence-corrected chi connectivity index (χ1v) is 5.98. The lowest BCUT2D eigenvalue weighted by Crippen LogP contribution is -2.20. The maximum Gasteiger partial charge on any atom is 0.262 e. The molecule has 19 heavy (non-hydrogen) atoms. The average Bonchev–Trinajstić information content (AvgIpc) is 2.77. The number of aryl methyl sites for hydroxylation is 3. The van der Waals surface area contributed by atoms with Gasteiger partial charge in [-0.15, -0.1) is 0 Å². The first kappa shape index (κ1) is 13.1. The molecule has 5 heteroatoms. The molecule has 1 amide bonds. The Hall–Kier alpha value is -2.30. The Kier molecular flexibility index (Phi) is 3.85. The monoisotopic (exact) mass is 260 g/mol. The van der Waals surface area contributed by atoms with Crippen molar-refractivity contribution < 1.29 is 14.1 Å². The summed E-state index contributed by atoms with van der Waals surface area (Å²) >= 11 is 0. The maximum absolute atomic E-state index is 11.7. The first-order chi connectivity index (χ1) is 9.04. The van der Waals surface area contributed by atoms with Crippen molar-refractivity contribution in [3.63, 3.8) is 0 Å². The van der Waals surface area contributed by atoms with E-state index in [2.05, 4.69) is 10.5 Å². The summed E-state index contributed by atoms with van der Waals surface area (Å²) in [6.07, 6.45) is 0. The van der Waals surface area contributed by atoms with Gasteiger partial charge in [-0.25, -0.2) is 0 Å². The molecule has 0 aliphatic rings. The molecule has 1 heterocycles. The number of carbonyl (C=O) groups is 1. The van der Waals surface area contributed by atoms with Crippen LogP contribution < -0.4 is 10.1 Å². The number of carbonyl (C=O) groups excluding carboxylic acids is 1. The van der Waals surface area contributed by atoms with Crippen molar-refractivity contribution >= 4 is 11.6 Å². The second-order valence-corrected chi connectivity index (χ2v) is 4.41. The smallest absolute Gasteiger partial charge is 0.262 e. The van der Waals surface area contributed by atoms with Gasteiger partial charge in [-0.2, -0.15) is 0 Å². The number of nitrogens with one attached hydrogen (secondary N) is 1. The molecule has 0 atom stereocenters. The Morgan fingerprint density at radius 1 is 1.26 bits per heavy atom. The van der Waals surface area contributed by atoms with Crippen molar-refractivity contribution in [3.05, 3.63) is 41.2 Å². The Morgan fingerprint density at radius 3 is 2.68 bits per heavy atom. The van der Waals surface area contributed by atoms with Gasteiger partial charge in [0.05, 0.1) is 0 Å². The highest BCUT2D eigenvalue weighted by molar-refractivity contribution is 5.91. The van der Waals surface area contributed by atoms with Crippen molar-refractivity contribution in [2.75, 3.05) is 11.9 Å². The minimum atomic E-state index is -0.232. The van der Waals surface area contributed by atoms with Gasteiger partial charge in [0.25, 0.3) is 11.8 Å². The van der Waals surface area contributed by atoms with Gasteiger partial charge in [-0.05, 0) is 49.2 Å². The quantitative estimate of drug-likeness (QED) is 0.917. The minimum Gasteiger partial charge on any atom is -0.465 e. The molecule has 0 aliphatic heterocycles. The molecule has 0 bridgehead atoms. The van der Waals surface area contributed by atoms with Gasteiger partial charge in [0.1, 0.15) is 5.76 Å². The molecule has 0 radical (unpaired) electrons. The highest BCUT2D eigenvalue weighted by Gasteiger charge is 2.07. The molecule has 0 fully saturated rings. The van der Waals surface area contributed by atoms with E-state index in [0.717, 1.165) is 11.3 Å². The summed E-state index contributed by atoms with van der Waals surface area (Å²) in [5.41, 5.74) is 3.08. The summed E-state index contributed by atoms with van der Waals surface area (Å²) in [4.78, 5) is 11.7. The van der Waals surface area contributed by atoms with Crippen LogP contribution in [0.4, 0.5) is 5.69 Å². The fourth-order valence-electron chi connectivity index (χ4n) is 1.57. The van der Waals surface area contributed by atoms with Crippen LogP contribution in [0.5, 0.6) is 5.88 Å². The molecule has 0 aliphatic carbocycles. The van der Waals surface area contributed by atoms with Gasteiger partial charge in [0, 0.05) is 11.8 Å². The SMILES string of the molecule is Cc1cc(OCC(=O)Nc2ccc(C)c(C)c2)no1. The summed E-state index contributed by atoms with van der Waals surface area (Å²) in [6, 6.07) is 7.38. The Bertz CT molecular complexity index is 590. The molecule has 100 valence electrons. The van der Waals surface area contributed by atoms with Crippen molar-refractivity contribution in [1.29, 1.82) is 0 Å². The van der Waals surface area contributed by atoms with E-state index in [9.17, 15) is 4.79 Å². The number of aromatic nitrogens is 1. The zero-order valence-electron chi connectivity index (χ0n) is 11.2. The van der Waals surface area contributed by atoms with E-state index >= 15 is 0 Å². The zero-order valence-corrected chi connectivity index (χ0v) is 11.2. The van der Waals surface area contributed by atoms with E-state index in [4.69, 9.17) is 9.26 Å². The van der Waals surface area contributed by atoms with Gasteiger partial charge in [-0.3, -0.25) is 4.79 Å². The second-order valence-electron chi connectivity index (χ2n) is 4.41. The third kappa shape index (κ3) is 3.58. The number of hydrogen-bond acceptors (Lipinski definition) is 4. The zero-order chi connectivity index (χ0) is 13.8. The molecule has 0 spiro atoms. The van der Waals surface area contributed by atoms with Crippen LogP contribution in [0.15, 0.2) is 28.8 Å². The summed E-state index contributed by atoms with van der Waals surface area (Å²) in [5.74, 6) is 0.723. The Morgan fingerprint density at radius 2 is 2.05 bits per heavy atom. The number of nitrogens with zero attached hydrogens (tertiary/aromatic N) is 1. The summed E-state index contributed by atoms with van der Waals surface area (Å²) in [5, 5.41) is 6.41. The van der Waals surface area contributed by atoms with Gasteiger partial charge in [-0.1, -0.05) is 6.07 Å². The molecular formula is C14H16N2O3. The minimum absolute atomic E-state index is 0.0983. The maximum atomic E-state index is 11.7. The summed E-state index contributed by atoms with van der Waals surface area (Å²) in [7, 11) is 0. The van der Waals surface area contributed by atoms with Gasteiger partial charge in [0.15, 0.2) is 6.61 Å². The Labute approximate surface area is 111 Å². The van der Waals surface area contributed by atoms with Crippen molar-refractivity contribution in [2.24, 2.45) is 0 Å². The predicted octanol–water partition coefficient (Wildman–Crippen LogP) is 2.62. The number of benzene rings is 1. The highest BCUT2D eigenvalue weighted by atomic mass is 16.5. The number of anilines is 1. The molecule has 0 unspecified atom stereocenters. The largest absolute Gasteiger partial charge is 0.465 e. The number of rotatable bonds is 4. The summed E-state index contributed by atoms with van der Waals surface area (Å²) in [6.45, 7) is 5.69. The van der Waals surface area contributed by atoms with E-state index in [0.29, 0.717) is 11.6 Å². The Balaban J connectivity index is 1.88. The van der Waals surface area contributed by atoms with E-state index in [1.165, 1.54) is 5.56 Å². The fourth-order valence-corrected chi connectivity index (χ4v) is 1.57. The first-order valence-electron chi connectivity index (χ1n) is 5.98. The standard InChI is InChI=1S/C14H16N2O3/c1-9-4-5-12(6-10(9)2)15-13(17)8-18-14-7-11(3)19-16-14/h4-7H,8H2,1-3H3,(H,15,17). The number of hydrogen-bond donors (Lipinski definition) is 1. The normalized spacial score (nSPS) is 10.3. The molecule has 1 aromatic heterocycles. The van der Waals surface area contributed by atoms with Crippen LogP contribution in [-0.2, 0) is 4.79 Å². The molecular weight excluding hydrogens is 244 g/mol. The molecule has 5 nitrogen and oxygen atoms in total. The van der Waals surface area contributed by atoms with Crippen LogP contribution in [0.2, 0.25) is 0 Å². The number of ether oxygens (including phenoxy) is 1. The molecule has 1 aromatic carbocycles. The van der Waals surface area contributed by atoms with Gasteiger partial charge >= 0.3 is 0 Å². The fraction of sp³-hybridized carbons (Fsp3) is 0.286. The topological polar surface area (TPSA) is 64.4 Å². The third-order valence-electron chi connectivity index (χ3n) is 2.75. The van der Waals surface area contributed by atoms with Crippen LogP contribution in [0.25, 0.3) is 0 Å². The van der Waals surface area contributed by atoms with Crippen molar-refractivity contribution in [1.82, 2.24) is 5.16 Å².